The molecule has 0 spiro atoms. The lowest BCUT2D eigenvalue weighted by Gasteiger charge is -2.23. The molecule has 36 heavy (non-hydrogen) atoms. The Morgan fingerprint density at radius 1 is 1.00 bits per heavy atom. The maximum absolute atomic E-state index is 14.6. The first kappa shape index (κ1) is 23.6. The number of methoxy groups -OCH3 is 1. The lowest BCUT2D eigenvalue weighted by Crippen LogP contribution is -2.16. The summed E-state index contributed by atoms with van der Waals surface area (Å²) in [6, 6.07) is 12.5. The molecule has 0 aliphatic carbocycles. The summed E-state index contributed by atoms with van der Waals surface area (Å²) in [6.45, 7) is 4.60. The van der Waals surface area contributed by atoms with E-state index in [0.717, 1.165) is 23.9 Å². The fraction of sp³-hybridized carbons (Fsp3) is 0.222. The molecule has 0 saturated heterocycles. The number of aromatic nitrogens is 5. The first-order chi connectivity index (χ1) is 17.2. The molecule has 6 nitrogen and oxygen atoms in total. The van der Waals surface area contributed by atoms with Gasteiger partial charge in [-0.25, -0.2) is 18.2 Å². The molecule has 0 unspecified atom stereocenters. The van der Waals surface area contributed by atoms with Gasteiger partial charge in [-0.05, 0) is 49.7 Å². The van der Waals surface area contributed by atoms with Crippen LogP contribution in [0.1, 0.15) is 36.7 Å². The van der Waals surface area contributed by atoms with Gasteiger partial charge in [-0.3, -0.25) is 0 Å². The Morgan fingerprint density at radius 2 is 1.75 bits per heavy atom. The molecule has 0 bridgehead atoms. The molecule has 0 radical (unpaired) electrons. The molecule has 2 aliphatic heterocycles. The van der Waals surface area contributed by atoms with Crippen LogP contribution in [0.3, 0.4) is 0 Å². The standard InChI is InChI=1S/C27H24F3N5O/c1-16-13-34(15-31-16)23-10-7-19(11-24(23)36-4)25-22-12-20(27(3,29)30)14-35(26(22)33-32-25)17(2)18-5-8-21(28)9-6-18/h5-15,17H,1-4H3/t17-/m0/s1. The molecule has 9 heteroatoms. The van der Waals surface area contributed by atoms with Crippen LogP contribution < -0.4 is 4.74 Å². The van der Waals surface area contributed by atoms with E-state index in [2.05, 4.69) is 15.2 Å². The van der Waals surface area contributed by atoms with Crippen molar-refractivity contribution in [2.24, 2.45) is 0 Å². The maximum Gasteiger partial charge on any atom is 0.271 e. The summed E-state index contributed by atoms with van der Waals surface area (Å²) >= 11 is 0. The van der Waals surface area contributed by atoms with Crippen LogP contribution in [0.15, 0.2) is 67.3 Å². The summed E-state index contributed by atoms with van der Waals surface area (Å²) in [4.78, 5) is 4.26. The lowest BCUT2D eigenvalue weighted by atomic mass is 10.00. The summed E-state index contributed by atoms with van der Waals surface area (Å²) in [5.74, 6) is -2.43. The molecular formula is C27H24F3N5O. The number of hydrogen-bond donors (Lipinski definition) is 0. The number of benzene rings is 2. The fourth-order valence-corrected chi connectivity index (χ4v) is 4.28. The third kappa shape index (κ3) is 4.21. The average molecular weight is 492 g/mol. The molecule has 0 saturated carbocycles. The number of pyridine rings is 1. The van der Waals surface area contributed by atoms with E-state index in [1.165, 1.54) is 24.4 Å². The minimum Gasteiger partial charge on any atom is -0.495 e. The molecule has 1 aromatic heterocycles. The molecule has 2 aliphatic rings. The van der Waals surface area contributed by atoms with Crippen LogP contribution in [-0.4, -0.2) is 31.4 Å². The van der Waals surface area contributed by atoms with Gasteiger partial charge in [0, 0.05) is 36.0 Å². The topological polar surface area (TPSA) is 57.8 Å². The van der Waals surface area contributed by atoms with Crippen molar-refractivity contribution in [3.63, 3.8) is 0 Å². The van der Waals surface area contributed by atoms with Crippen LogP contribution in [0.4, 0.5) is 13.2 Å². The van der Waals surface area contributed by atoms with E-state index in [4.69, 9.17) is 4.74 Å². The van der Waals surface area contributed by atoms with Crippen molar-refractivity contribution in [3.8, 4) is 34.1 Å². The predicted octanol–water partition coefficient (Wildman–Crippen LogP) is 6.41. The van der Waals surface area contributed by atoms with Crippen LogP contribution in [-0.2, 0) is 5.92 Å². The van der Waals surface area contributed by atoms with Crippen LogP contribution in [0.5, 0.6) is 5.75 Å². The minimum absolute atomic E-state index is 0.169. The first-order valence-electron chi connectivity index (χ1n) is 11.4. The number of rotatable bonds is 6. The molecule has 0 N–H and O–H groups in total. The van der Waals surface area contributed by atoms with Gasteiger partial charge in [-0.15, -0.1) is 10.2 Å². The van der Waals surface area contributed by atoms with Crippen LogP contribution in [0, 0.1) is 12.7 Å². The largest absolute Gasteiger partial charge is 0.495 e. The van der Waals surface area contributed by atoms with E-state index >= 15 is 0 Å². The second kappa shape index (κ2) is 8.82. The van der Waals surface area contributed by atoms with Crippen molar-refractivity contribution in [1.29, 1.82) is 0 Å². The van der Waals surface area contributed by atoms with Gasteiger partial charge in [0.05, 0.1) is 30.9 Å². The molecule has 0 fully saturated rings. The zero-order valence-corrected chi connectivity index (χ0v) is 20.2. The van der Waals surface area contributed by atoms with Crippen LogP contribution in [0.25, 0.3) is 28.3 Å². The quantitative estimate of drug-likeness (QED) is 0.275. The van der Waals surface area contributed by atoms with Crippen molar-refractivity contribution in [2.75, 3.05) is 7.11 Å². The van der Waals surface area contributed by atoms with E-state index in [1.807, 2.05) is 36.7 Å². The van der Waals surface area contributed by atoms with E-state index < -0.39 is 5.92 Å². The third-order valence-corrected chi connectivity index (χ3v) is 6.28. The summed E-state index contributed by atoms with van der Waals surface area (Å²) in [5, 5.41) is 8.73. The molecule has 0 amide bonds. The number of imidazole rings is 1. The van der Waals surface area contributed by atoms with Crippen molar-refractivity contribution in [3.05, 3.63) is 89.9 Å². The zero-order chi connectivity index (χ0) is 25.6. The van der Waals surface area contributed by atoms with Gasteiger partial charge >= 0.3 is 0 Å². The Labute approximate surface area is 206 Å². The van der Waals surface area contributed by atoms with Crippen molar-refractivity contribution >= 4 is 0 Å². The Kier molecular flexibility index (Phi) is 5.78. The van der Waals surface area contributed by atoms with E-state index in [0.29, 0.717) is 28.4 Å². The molecule has 3 aromatic rings. The van der Waals surface area contributed by atoms with Crippen LogP contribution >= 0.6 is 0 Å². The zero-order valence-electron chi connectivity index (χ0n) is 20.2. The van der Waals surface area contributed by atoms with Crippen molar-refractivity contribution in [2.45, 2.75) is 32.7 Å². The summed E-state index contributed by atoms with van der Waals surface area (Å²) in [5.41, 5.74) is 3.85. The second-order valence-corrected chi connectivity index (χ2v) is 8.85. The SMILES string of the molecule is COc1cc(-c2nnc3n([C@@H](C)c4ccc(F)cc4)cc(C(C)(F)F)cc2-3)ccc1-n1cnc(C)c1. The Hall–Kier alpha value is -4.14. The highest BCUT2D eigenvalue weighted by atomic mass is 19.3. The summed E-state index contributed by atoms with van der Waals surface area (Å²) in [7, 11) is 1.56. The highest BCUT2D eigenvalue weighted by Crippen LogP contribution is 2.40. The highest BCUT2D eigenvalue weighted by molar-refractivity contribution is 5.80. The number of alkyl halides is 2. The molecular weight excluding hydrogens is 467 g/mol. The third-order valence-electron chi connectivity index (χ3n) is 6.28. The Balaban J connectivity index is 1.64. The first-order valence-corrected chi connectivity index (χ1v) is 11.4. The van der Waals surface area contributed by atoms with Gasteiger partial charge in [0.2, 0.25) is 0 Å². The summed E-state index contributed by atoms with van der Waals surface area (Å²) < 4.78 is 51.7. The number of nitrogens with zero attached hydrogens (tertiary/aromatic N) is 5. The second-order valence-electron chi connectivity index (χ2n) is 8.85. The monoisotopic (exact) mass is 491 g/mol. The highest BCUT2D eigenvalue weighted by Gasteiger charge is 2.30. The smallest absolute Gasteiger partial charge is 0.271 e. The van der Waals surface area contributed by atoms with Gasteiger partial charge in [-0.2, -0.15) is 0 Å². The van der Waals surface area contributed by atoms with Gasteiger partial charge in [0.25, 0.3) is 5.92 Å². The van der Waals surface area contributed by atoms with Crippen molar-refractivity contribution < 1.29 is 17.9 Å². The molecule has 1 atom stereocenters. The number of halogens is 3. The molecule has 5 rings (SSSR count). The van der Waals surface area contributed by atoms with Gasteiger partial charge < -0.3 is 13.9 Å². The Morgan fingerprint density at radius 3 is 2.39 bits per heavy atom. The van der Waals surface area contributed by atoms with Crippen LogP contribution in [0.2, 0.25) is 0 Å². The summed E-state index contributed by atoms with van der Waals surface area (Å²) in [6.07, 6.45) is 4.96. The van der Waals surface area contributed by atoms with Gasteiger partial charge in [0.1, 0.15) is 17.3 Å². The number of aryl methyl sites for hydroxylation is 1. The maximum atomic E-state index is 14.6. The van der Waals surface area contributed by atoms with E-state index in [-0.39, 0.29) is 17.4 Å². The molecule has 3 heterocycles. The number of hydrogen-bond acceptors (Lipinski definition) is 4. The van der Waals surface area contributed by atoms with Gasteiger partial charge in [-0.1, -0.05) is 18.2 Å². The van der Waals surface area contributed by atoms with Crippen molar-refractivity contribution in [1.82, 2.24) is 24.3 Å². The predicted molar refractivity (Wildman–Crippen MR) is 130 cm³/mol. The van der Waals surface area contributed by atoms with E-state index in [1.54, 1.807) is 36.2 Å². The normalized spacial score (nSPS) is 12.8. The lowest BCUT2D eigenvalue weighted by molar-refractivity contribution is 0.0167. The number of fused-ring (bicyclic) bond motifs is 1. The number of ether oxygens (including phenoxy) is 1. The Bertz CT molecular complexity index is 1500. The average Bonchev–Trinajstić information content (AvgIpc) is 3.49. The van der Waals surface area contributed by atoms with E-state index in [9.17, 15) is 13.2 Å². The van der Waals surface area contributed by atoms with Gasteiger partial charge in [0.15, 0.2) is 5.82 Å². The minimum atomic E-state index is -3.09. The molecule has 184 valence electrons. The molecule has 2 aromatic carbocycles. The fourth-order valence-electron chi connectivity index (χ4n) is 4.28.